The van der Waals surface area contributed by atoms with Crippen molar-refractivity contribution in [2.45, 2.75) is 96.8 Å². The third kappa shape index (κ3) is 8.48. The minimum absolute atomic E-state index is 0.0609. The lowest BCUT2D eigenvalue weighted by Gasteiger charge is -2.31. The van der Waals surface area contributed by atoms with Gasteiger partial charge >= 0.3 is 5.97 Å². The third-order valence-corrected chi connectivity index (χ3v) is 5.16. The number of rotatable bonds is 11. The van der Waals surface area contributed by atoms with Gasteiger partial charge in [0.1, 0.15) is 0 Å². The van der Waals surface area contributed by atoms with Crippen LogP contribution >= 0.6 is 0 Å². The maximum Gasteiger partial charge on any atom is 0.305 e. The van der Waals surface area contributed by atoms with Gasteiger partial charge in [-0.2, -0.15) is 0 Å². The first-order chi connectivity index (χ1) is 10.3. The molecule has 2 atom stereocenters. The van der Waals surface area contributed by atoms with Crippen molar-refractivity contribution in [3.05, 3.63) is 0 Å². The SMILES string of the molecule is CCC[C@@H]1CCCC[C@@H]1CCCCCCCCC(=O)OC. The van der Waals surface area contributed by atoms with Crippen molar-refractivity contribution in [2.24, 2.45) is 11.8 Å². The van der Waals surface area contributed by atoms with E-state index in [1.54, 1.807) is 0 Å². The van der Waals surface area contributed by atoms with Gasteiger partial charge in [0, 0.05) is 6.42 Å². The molecule has 1 saturated carbocycles. The lowest BCUT2D eigenvalue weighted by Crippen LogP contribution is -2.19. The van der Waals surface area contributed by atoms with Crippen LogP contribution in [-0.4, -0.2) is 13.1 Å². The first-order valence-electron chi connectivity index (χ1n) is 9.34. The molecule has 124 valence electrons. The van der Waals surface area contributed by atoms with Crippen LogP contribution in [0.5, 0.6) is 0 Å². The second kappa shape index (κ2) is 12.1. The van der Waals surface area contributed by atoms with Crippen LogP contribution in [0.1, 0.15) is 96.8 Å². The molecule has 0 bridgehead atoms. The van der Waals surface area contributed by atoms with E-state index in [1.165, 1.54) is 84.2 Å². The molecule has 0 amide bonds. The first-order valence-corrected chi connectivity index (χ1v) is 9.34. The second-order valence-electron chi connectivity index (χ2n) is 6.83. The van der Waals surface area contributed by atoms with Crippen LogP contribution < -0.4 is 0 Å². The Morgan fingerprint density at radius 1 is 0.905 bits per heavy atom. The summed E-state index contributed by atoms with van der Waals surface area (Å²) < 4.78 is 4.65. The Bertz CT molecular complexity index is 260. The van der Waals surface area contributed by atoms with Crippen LogP contribution in [-0.2, 0) is 9.53 Å². The molecule has 0 aromatic heterocycles. The van der Waals surface area contributed by atoms with Gasteiger partial charge in [-0.15, -0.1) is 0 Å². The molecule has 0 aromatic carbocycles. The second-order valence-corrected chi connectivity index (χ2v) is 6.83. The Morgan fingerprint density at radius 2 is 1.48 bits per heavy atom. The zero-order valence-corrected chi connectivity index (χ0v) is 14.4. The molecule has 0 saturated heterocycles. The van der Waals surface area contributed by atoms with Crippen molar-refractivity contribution in [1.29, 1.82) is 0 Å². The molecule has 2 nitrogen and oxygen atoms in total. The molecule has 0 heterocycles. The number of methoxy groups -OCH3 is 1. The summed E-state index contributed by atoms with van der Waals surface area (Å²) in [4.78, 5) is 11.0. The summed E-state index contributed by atoms with van der Waals surface area (Å²) in [6, 6.07) is 0. The number of ether oxygens (including phenoxy) is 1. The van der Waals surface area contributed by atoms with Crippen LogP contribution in [0.3, 0.4) is 0 Å². The predicted molar refractivity (Wildman–Crippen MR) is 89.3 cm³/mol. The molecule has 0 radical (unpaired) electrons. The predicted octanol–water partition coefficient (Wildman–Crippen LogP) is 5.89. The Morgan fingerprint density at radius 3 is 2.10 bits per heavy atom. The zero-order chi connectivity index (χ0) is 15.3. The van der Waals surface area contributed by atoms with E-state index in [0.717, 1.165) is 18.3 Å². The van der Waals surface area contributed by atoms with Crippen molar-refractivity contribution >= 4 is 5.97 Å². The van der Waals surface area contributed by atoms with Crippen LogP contribution in [0.15, 0.2) is 0 Å². The fourth-order valence-electron chi connectivity index (χ4n) is 3.90. The van der Waals surface area contributed by atoms with Crippen molar-refractivity contribution in [1.82, 2.24) is 0 Å². The monoisotopic (exact) mass is 296 g/mol. The minimum atomic E-state index is -0.0609. The Kier molecular flexibility index (Phi) is 10.6. The van der Waals surface area contributed by atoms with Crippen LogP contribution in [0.2, 0.25) is 0 Å². The van der Waals surface area contributed by atoms with Gasteiger partial charge in [-0.3, -0.25) is 4.79 Å². The van der Waals surface area contributed by atoms with Crippen LogP contribution in [0.4, 0.5) is 0 Å². The highest BCUT2D eigenvalue weighted by molar-refractivity contribution is 5.68. The highest BCUT2D eigenvalue weighted by atomic mass is 16.5. The van der Waals surface area contributed by atoms with E-state index in [2.05, 4.69) is 11.7 Å². The van der Waals surface area contributed by atoms with E-state index in [-0.39, 0.29) is 5.97 Å². The highest BCUT2D eigenvalue weighted by Gasteiger charge is 2.23. The molecule has 0 aromatic rings. The summed E-state index contributed by atoms with van der Waals surface area (Å²) in [7, 11) is 1.47. The van der Waals surface area contributed by atoms with Gasteiger partial charge < -0.3 is 4.74 Å². The summed E-state index contributed by atoms with van der Waals surface area (Å²) in [5, 5.41) is 0. The van der Waals surface area contributed by atoms with Crippen LogP contribution in [0, 0.1) is 11.8 Å². The summed E-state index contributed by atoms with van der Waals surface area (Å²) in [6.45, 7) is 2.33. The van der Waals surface area contributed by atoms with Gasteiger partial charge in [-0.1, -0.05) is 84.0 Å². The lowest BCUT2D eigenvalue weighted by molar-refractivity contribution is -0.140. The molecular formula is C19H36O2. The largest absolute Gasteiger partial charge is 0.469 e. The van der Waals surface area contributed by atoms with E-state index < -0.39 is 0 Å². The maximum absolute atomic E-state index is 11.0. The summed E-state index contributed by atoms with van der Waals surface area (Å²) >= 11 is 0. The molecule has 0 unspecified atom stereocenters. The summed E-state index contributed by atoms with van der Waals surface area (Å²) in [6.07, 6.45) is 18.4. The number of unbranched alkanes of at least 4 members (excludes halogenated alkanes) is 5. The first kappa shape index (κ1) is 18.5. The molecule has 0 spiro atoms. The standard InChI is InChI=1S/C19H36O2/c1-3-12-17-14-10-11-15-18(17)13-8-6-4-5-7-9-16-19(20)21-2/h17-18H,3-16H2,1-2H3/t17-,18+/m1/s1. The number of carbonyl (C=O) groups is 1. The van der Waals surface area contributed by atoms with Crippen LogP contribution in [0.25, 0.3) is 0 Å². The van der Waals surface area contributed by atoms with Gasteiger partial charge in [-0.25, -0.2) is 0 Å². The van der Waals surface area contributed by atoms with Crippen molar-refractivity contribution in [3.8, 4) is 0 Å². The topological polar surface area (TPSA) is 26.3 Å². The summed E-state index contributed by atoms with van der Waals surface area (Å²) in [5.74, 6) is 2.00. The molecule has 1 aliphatic carbocycles. The maximum atomic E-state index is 11.0. The molecule has 2 heteroatoms. The fourth-order valence-corrected chi connectivity index (χ4v) is 3.90. The number of carbonyl (C=O) groups excluding carboxylic acids is 1. The van der Waals surface area contributed by atoms with Crippen molar-refractivity contribution in [3.63, 3.8) is 0 Å². The number of hydrogen-bond donors (Lipinski definition) is 0. The molecule has 0 aliphatic heterocycles. The third-order valence-electron chi connectivity index (χ3n) is 5.16. The minimum Gasteiger partial charge on any atom is -0.469 e. The Hall–Kier alpha value is -0.530. The van der Waals surface area contributed by atoms with Gasteiger partial charge in [0.2, 0.25) is 0 Å². The van der Waals surface area contributed by atoms with Crippen molar-refractivity contribution in [2.75, 3.05) is 7.11 Å². The average Bonchev–Trinajstić information content (AvgIpc) is 2.51. The van der Waals surface area contributed by atoms with E-state index in [1.807, 2.05) is 0 Å². The van der Waals surface area contributed by atoms with Crippen molar-refractivity contribution < 1.29 is 9.53 Å². The number of esters is 1. The molecular weight excluding hydrogens is 260 g/mol. The normalized spacial score (nSPS) is 22.2. The number of hydrogen-bond acceptors (Lipinski definition) is 2. The smallest absolute Gasteiger partial charge is 0.305 e. The van der Waals surface area contributed by atoms with E-state index in [9.17, 15) is 4.79 Å². The van der Waals surface area contributed by atoms with E-state index in [0.29, 0.717) is 6.42 Å². The van der Waals surface area contributed by atoms with Gasteiger partial charge in [0.15, 0.2) is 0 Å². The molecule has 0 N–H and O–H groups in total. The van der Waals surface area contributed by atoms with E-state index >= 15 is 0 Å². The van der Waals surface area contributed by atoms with E-state index in [4.69, 9.17) is 0 Å². The molecule has 1 rings (SSSR count). The Balaban J connectivity index is 1.96. The Labute approximate surface area is 132 Å². The molecule has 1 fully saturated rings. The fraction of sp³-hybridized carbons (Fsp3) is 0.947. The van der Waals surface area contributed by atoms with Gasteiger partial charge in [0.05, 0.1) is 7.11 Å². The molecule has 21 heavy (non-hydrogen) atoms. The summed E-state index contributed by atoms with van der Waals surface area (Å²) in [5.41, 5.74) is 0. The highest BCUT2D eigenvalue weighted by Crippen LogP contribution is 2.36. The molecule has 1 aliphatic rings. The average molecular weight is 296 g/mol. The van der Waals surface area contributed by atoms with Gasteiger partial charge in [-0.05, 0) is 18.3 Å². The zero-order valence-electron chi connectivity index (χ0n) is 14.4. The quantitative estimate of drug-likeness (QED) is 0.351. The van der Waals surface area contributed by atoms with Gasteiger partial charge in [0.25, 0.3) is 0 Å². The lowest BCUT2D eigenvalue weighted by atomic mass is 9.75.